The predicted octanol–water partition coefficient (Wildman–Crippen LogP) is 4.63. The fourth-order valence-electron chi connectivity index (χ4n) is 2.24. The van der Waals surface area contributed by atoms with Crippen molar-refractivity contribution in [2.45, 2.75) is 48.9 Å². The van der Waals surface area contributed by atoms with Crippen LogP contribution in [0.2, 0.25) is 0 Å². The molecule has 0 radical (unpaired) electrons. The van der Waals surface area contributed by atoms with Gasteiger partial charge in [-0.05, 0) is 5.56 Å². The molecular formula is C15H14F11NO. The van der Waals surface area contributed by atoms with E-state index in [1.54, 1.807) is 30.3 Å². The molecule has 0 aliphatic rings. The molecule has 1 aromatic rings. The van der Waals surface area contributed by atoms with E-state index in [-0.39, 0.29) is 6.54 Å². The molecule has 0 aromatic heterocycles. The topological polar surface area (TPSA) is 32.3 Å². The van der Waals surface area contributed by atoms with Gasteiger partial charge in [-0.15, -0.1) is 0 Å². The van der Waals surface area contributed by atoms with Gasteiger partial charge in [0.15, 0.2) is 0 Å². The van der Waals surface area contributed by atoms with Crippen LogP contribution in [0.25, 0.3) is 0 Å². The Morgan fingerprint density at radius 2 is 1.25 bits per heavy atom. The molecule has 0 amide bonds. The van der Waals surface area contributed by atoms with Crippen molar-refractivity contribution < 1.29 is 53.4 Å². The molecule has 1 rings (SSSR count). The van der Waals surface area contributed by atoms with E-state index in [9.17, 15) is 53.4 Å². The molecule has 0 bridgehead atoms. The summed E-state index contributed by atoms with van der Waals surface area (Å²) in [5.41, 5.74) is -6.95. The monoisotopic (exact) mass is 433 g/mol. The van der Waals surface area contributed by atoms with E-state index in [4.69, 9.17) is 0 Å². The molecule has 0 aliphatic carbocycles. The van der Waals surface area contributed by atoms with Gasteiger partial charge in [0.05, 0.1) is 6.10 Å². The molecule has 162 valence electrons. The fraction of sp³-hybridized carbons (Fsp3) is 0.600. The van der Waals surface area contributed by atoms with Gasteiger partial charge in [-0.25, -0.2) is 4.39 Å². The number of nitrogens with one attached hydrogen (secondary N) is 1. The lowest BCUT2D eigenvalue weighted by molar-refractivity contribution is -0.427. The molecule has 0 saturated carbocycles. The highest BCUT2D eigenvalue weighted by Crippen LogP contribution is 2.59. The van der Waals surface area contributed by atoms with Gasteiger partial charge in [0.1, 0.15) is 0 Å². The van der Waals surface area contributed by atoms with E-state index in [0.29, 0.717) is 5.56 Å². The van der Waals surface area contributed by atoms with Gasteiger partial charge in [-0.2, -0.15) is 43.9 Å². The van der Waals surface area contributed by atoms with Gasteiger partial charge in [0, 0.05) is 19.5 Å². The molecule has 0 spiro atoms. The molecule has 0 saturated heterocycles. The third kappa shape index (κ3) is 4.67. The van der Waals surface area contributed by atoms with Crippen LogP contribution in [0.3, 0.4) is 0 Å². The molecule has 0 heterocycles. The Morgan fingerprint density at radius 3 is 1.68 bits per heavy atom. The number of rotatable bonds is 8. The van der Waals surface area contributed by atoms with Gasteiger partial charge in [-0.3, -0.25) is 0 Å². The second-order valence-corrected chi connectivity index (χ2v) is 5.91. The number of hydrogen-bond acceptors (Lipinski definition) is 2. The van der Waals surface area contributed by atoms with E-state index < -0.39 is 48.9 Å². The van der Waals surface area contributed by atoms with Crippen molar-refractivity contribution in [2.75, 3.05) is 6.54 Å². The lowest BCUT2D eigenvalue weighted by atomic mass is 9.88. The van der Waals surface area contributed by atoms with Crippen LogP contribution in [0.5, 0.6) is 0 Å². The summed E-state index contributed by atoms with van der Waals surface area (Å²) in [7, 11) is 0. The molecule has 2 N–H and O–H groups in total. The normalized spacial score (nSPS) is 15.6. The van der Waals surface area contributed by atoms with Gasteiger partial charge in [0.25, 0.3) is 0 Å². The highest BCUT2D eigenvalue weighted by atomic mass is 19.4. The van der Waals surface area contributed by atoms with Crippen molar-refractivity contribution in [3.8, 4) is 0 Å². The van der Waals surface area contributed by atoms with Crippen molar-refractivity contribution in [1.29, 1.82) is 0 Å². The third-order valence-electron chi connectivity index (χ3n) is 3.72. The minimum atomic E-state index is -7.51. The summed E-state index contributed by atoms with van der Waals surface area (Å²) in [5.74, 6) is -13.4. The molecular weight excluding hydrogens is 419 g/mol. The van der Waals surface area contributed by atoms with Crippen LogP contribution in [0, 0.1) is 0 Å². The van der Waals surface area contributed by atoms with Crippen molar-refractivity contribution in [3.05, 3.63) is 35.9 Å². The first-order chi connectivity index (χ1) is 12.5. The maximum absolute atomic E-state index is 13.6. The maximum Gasteiger partial charge on any atom is 0.438 e. The van der Waals surface area contributed by atoms with Crippen molar-refractivity contribution >= 4 is 0 Å². The Kier molecular flexibility index (Phi) is 6.98. The van der Waals surface area contributed by atoms with Crippen LogP contribution < -0.4 is 5.32 Å². The number of aliphatic hydroxyl groups excluding tert-OH is 1. The van der Waals surface area contributed by atoms with E-state index in [0.717, 1.165) is 0 Å². The average Bonchev–Trinajstić information content (AvgIpc) is 2.52. The van der Waals surface area contributed by atoms with Crippen LogP contribution in [0.4, 0.5) is 48.3 Å². The van der Waals surface area contributed by atoms with Gasteiger partial charge in [0.2, 0.25) is 0 Å². The van der Waals surface area contributed by atoms with Crippen LogP contribution >= 0.6 is 0 Å². The van der Waals surface area contributed by atoms with Gasteiger partial charge < -0.3 is 10.4 Å². The summed E-state index contributed by atoms with van der Waals surface area (Å²) < 4.78 is 142. The lowest BCUT2D eigenvalue weighted by Crippen LogP contribution is -2.70. The van der Waals surface area contributed by atoms with E-state index >= 15 is 0 Å². The second-order valence-electron chi connectivity index (χ2n) is 5.91. The molecule has 28 heavy (non-hydrogen) atoms. The summed E-state index contributed by atoms with van der Waals surface area (Å²) in [4.78, 5) is 0. The zero-order chi connectivity index (χ0) is 22.0. The summed E-state index contributed by atoms with van der Waals surface area (Å²) in [6.45, 7) is -0.949. The number of aliphatic hydroxyl groups is 1. The fourth-order valence-corrected chi connectivity index (χ4v) is 2.24. The highest BCUT2D eigenvalue weighted by molar-refractivity contribution is 5.14. The molecule has 2 nitrogen and oxygen atoms in total. The molecule has 0 fully saturated rings. The molecule has 1 aromatic carbocycles. The van der Waals surface area contributed by atoms with E-state index in [1.807, 2.05) is 0 Å². The van der Waals surface area contributed by atoms with Crippen LogP contribution in [0.15, 0.2) is 30.3 Å². The minimum absolute atomic E-state index is 0.0714. The zero-order valence-electron chi connectivity index (χ0n) is 13.7. The number of alkyl halides is 11. The second kappa shape index (κ2) is 8.01. The van der Waals surface area contributed by atoms with Crippen LogP contribution in [0.1, 0.15) is 12.0 Å². The predicted molar refractivity (Wildman–Crippen MR) is 74.6 cm³/mol. The van der Waals surface area contributed by atoms with Gasteiger partial charge in [-0.1, -0.05) is 30.3 Å². The molecule has 0 aliphatic heterocycles. The third-order valence-corrected chi connectivity index (χ3v) is 3.72. The molecule has 13 heteroatoms. The molecule has 0 unspecified atom stereocenters. The Hall–Kier alpha value is -1.63. The minimum Gasteiger partial charge on any atom is -0.392 e. The number of halogens is 11. The first-order valence-electron chi connectivity index (χ1n) is 7.48. The smallest absolute Gasteiger partial charge is 0.392 e. The summed E-state index contributed by atoms with van der Waals surface area (Å²) in [6, 6.07) is 7.89. The standard InChI is InChI=1S/C15H14F11NO/c16-11(17,6-10(28)8-27-7-9-4-2-1-3-5-9)13(19,20)12(18,14(21,22)23)15(24,25)26/h1-5,10,27-28H,6-8H2/t10-/m0/s1. The maximum atomic E-state index is 13.6. The zero-order valence-corrected chi connectivity index (χ0v) is 13.7. The highest BCUT2D eigenvalue weighted by Gasteiger charge is 2.89. The average molecular weight is 433 g/mol. The molecule has 1 atom stereocenters. The quantitative estimate of drug-likeness (QED) is 0.586. The Morgan fingerprint density at radius 1 is 0.786 bits per heavy atom. The van der Waals surface area contributed by atoms with Gasteiger partial charge >= 0.3 is 29.9 Å². The van der Waals surface area contributed by atoms with Crippen LogP contribution in [-0.2, 0) is 6.54 Å². The van der Waals surface area contributed by atoms with Crippen molar-refractivity contribution in [3.63, 3.8) is 0 Å². The van der Waals surface area contributed by atoms with Crippen molar-refractivity contribution in [1.82, 2.24) is 5.32 Å². The first-order valence-corrected chi connectivity index (χ1v) is 7.48. The largest absolute Gasteiger partial charge is 0.438 e. The Balaban J connectivity index is 2.92. The summed E-state index contributed by atoms with van der Waals surface area (Å²) in [5, 5.41) is 11.6. The SMILES string of the molecule is O[C@H](CNCc1ccccc1)CC(F)(F)C(F)(F)C(F)(C(F)(F)F)C(F)(F)F. The Bertz CT molecular complexity index is 613. The van der Waals surface area contributed by atoms with Crippen molar-refractivity contribution in [2.24, 2.45) is 0 Å². The number of hydrogen-bond donors (Lipinski definition) is 2. The summed E-state index contributed by atoms with van der Waals surface area (Å²) in [6.07, 6.45) is -19.8. The lowest BCUT2D eigenvalue weighted by Gasteiger charge is -2.40. The Labute approximate surface area is 151 Å². The van der Waals surface area contributed by atoms with Crippen LogP contribution in [-0.4, -0.2) is 47.6 Å². The number of benzene rings is 1. The van der Waals surface area contributed by atoms with E-state index in [2.05, 4.69) is 5.32 Å². The van der Waals surface area contributed by atoms with E-state index in [1.165, 1.54) is 0 Å². The first kappa shape index (κ1) is 24.4. The summed E-state index contributed by atoms with van der Waals surface area (Å²) >= 11 is 0.